The summed E-state index contributed by atoms with van der Waals surface area (Å²) in [5, 5.41) is 22.0. The van der Waals surface area contributed by atoms with Crippen LogP contribution < -0.4 is 4.90 Å². The highest BCUT2D eigenvalue weighted by molar-refractivity contribution is 5.96. The largest absolute Gasteiger partial charge is 0.354 e. The van der Waals surface area contributed by atoms with Crippen LogP contribution in [0.4, 0.5) is 5.82 Å². The molecule has 0 radical (unpaired) electrons. The van der Waals surface area contributed by atoms with Crippen molar-refractivity contribution in [3.8, 4) is 23.6 Å². The maximum absolute atomic E-state index is 12.6. The van der Waals surface area contributed by atoms with Gasteiger partial charge in [0.1, 0.15) is 6.04 Å². The Balaban J connectivity index is 1.81. The molecule has 3 rings (SSSR count). The predicted octanol–water partition coefficient (Wildman–Crippen LogP) is 2.12. The molecule has 1 saturated heterocycles. The van der Waals surface area contributed by atoms with E-state index in [0.717, 1.165) is 6.42 Å². The summed E-state index contributed by atoms with van der Waals surface area (Å²) in [7, 11) is 1.61. The van der Waals surface area contributed by atoms with Crippen LogP contribution in [0.5, 0.6) is 0 Å². The van der Waals surface area contributed by atoms with Crippen molar-refractivity contribution in [2.75, 3.05) is 18.5 Å². The van der Waals surface area contributed by atoms with Crippen LogP contribution in [0.1, 0.15) is 18.4 Å². The Hall–Kier alpha value is -3.32. The molecule has 0 N–H and O–H groups in total. The van der Waals surface area contributed by atoms with Crippen LogP contribution in [0.25, 0.3) is 11.3 Å². The lowest BCUT2D eigenvalue weighted by Gasteiger charge is -2.22. The van der Waals surface area contributed by atoms with E-state index < -0.39 is 6.04 Å². The van der Waals surface area contributed by atoms with E-state index in [1.54, 1.807) is 37.4 Å². The highest BCUT2D eigenvalue weighted by atomic mass is 16.5. The van der Waals surface area contributed by atoms with E-state index in [0.29, 0.717) is 35.7 Å². The quantitative estimate of drug-likeness (QED) is 0.803. The van der Waals surface area contributed by atoms with Crippen LogP contribution in [0.2, 0.25) is 0 Å². The van der Waals surface area contributed by atoms with E-state index in [4.69, 9.17) is 15.0 Å². The second-order valence-electron chi connectivity index (χ2n) is 5.59. The van der Waals surface area contributed by atoms with E-state index in [9.17, 15) is 4.79 Å². The van der Waals surface area contributed by atoms with E-state index in [-0.39, 0.29) is 5.91 Å². The number of carbonyl (C=O) groups is 1. The zero-order valence-corrected chi connectivity index (χ0v) is 13.1. The molecule has 1 aliphatic heterocycles. The number of nitrogens with zero attached hydrogens (tertiary/aromatic N) is 5. The minimum absolute atomic E-state index is 0.181. The Morgan fingerprint density at radius 1 is 1.42 bits per heavy atom. The van der Waals surface area contributed by atoms with Gasteiger partial charge >= 0.3 is 0 Å². The van der Waals surface area contributed by atoms with Crippen LogP contribution in [-0.2, 0) is 4.79 Å². The molecule has 7 nitrogen and oxygen atoms in total. The fourth-order valence-electron chi connectivity index (χ4n) is 2.78. The fourth-order valence-corrected chi connectivity index (χ4v) is 2.78. The molecule has 2 aromatic rings. The van der Waals surface area contributed by atoms with Crippen LogP contribution in [-0.4, -0.2) is 35.6 Å². The van der Waals surface area contributed by atoms with Crippen molar-refractivity contribution in [1.82, 2.24) is 10.1 Å². The molecule has 0 spiro atoms. The van der Waals surface area contributed by atoms with Gasteiger partial charge in [-0.2, -0.15) is 10.5 Å². The number of aromatic nitrogens is 1. The average Bonchev–Trinajstić information content (AvgIpc) is 3.29. The summed E-state index contributed by atoms with van der Waals surface area (Å²) in [5.74, 6) is 0.673. The molecule has 1 unspecified atom stereocenters. The number of amides is 1. The molecular weight excluding hydrogens is 306 g/mol. The molecule has 1 aliphatic rings. The number of benzene rings is 1. The first-order chi connectivity index (χ1) is 11.6. The highest BCUT2D eigenvalue weighted by Crippen LogP contribution is 2.26. The topological polar surface area (TPSA) is 97.2 Å². The summed E-state index contributed by atoms with van der Waals surface area (Å²) < 4.78 is 5.31. The third-order valence-corrected chi connectivity index (χ3v) is 4.11. The Morgan fingerprint density at radius 3 is 3.00 bits per heavy atom. The molecule has 1 aromatic heterocycles. The van der Waals surface area contributed by atoms with E-state index in [2.05, 4.69) is 17.4 Å². The lowest BCUT2D eigenvalue weighted by molar-refractivity contribution is -0.121. The number of nitriles is 2. The molecule has 1 fully saturated rings. The standard InChI is InChI=1S/C17H15N5O2/c1-21(17(23)14-6-3-7-22(14)11-19)16-9-15(24-20-16)13-5-2-4-12(8-13)10-18/h2,4-5,8-9,14H,3,6-7H2,1H3. The van der Waals surface area contributed by atoms with Gasteiger partial charge in [-0.25, -0.2) is 0 Å². The zero-order valence-electron chi connectivity index (χ0n) is 13.1. The second-order valence-corrected chi connectivity index (χ2v) is 5.59. The average molecular weight is 321 g/mol. The molecule has 1 atom stereocenters. The number of likely N-dealkylation sites (tertiary alicyclic amines) is 1. The van der Waals surface area contributed by atoms with Gasteiger partial charge in [-0.15, -0.1) is 0 Å². The molecule has 24 heavy (non-hydrogen) atoms. The van der Waals surface area contributed by atoms with E-state index in [1.165, 1.54) is 9.80 Å². The number of likely N-dealkylation sites (N-methyl/N-ethyl adjacent to an activating group) is 1. The lowest BCUT2D eigenvalue weighted by atomic mass is 10.1. The SMILES string of the molecule is CN(C(=O)C1CCCN1C#N)c1cc(-c2cccc(C#N)c2)on1. The zero-order chi connectivity index (χ0) is 17.1. The first-order valence-electron chi connectivity index (χ1n) is 7.55. The van der Waals surface area contributed by atoms with Crippen molar-refractivity contribution in [1.29, 1.82) is 10.5 Å². The normalized spacial score (nSPS) is 16.5. The van der Waals surface area contributed by atoms with Crippen LogP contribution in [0.3, 0.4) is 0 Å². The summed E-state index contributed by atoms with van der Waals surface area (Å²) in [4.78, 5) is 15.5. The van der Waals surface area contributed by atoms with Gasteiger partial charge in [-0.1, -0.05) is 17.3 Å². The smallest absolute Gasteiger partial charge is 0.251 e. The van der Waals surface area contributed by atoms with Gasteiger partial charge in [0.2, 0.25) is 0 Å². The Morgan fingerprint density at radius 2 is 2.25 bits per heavy atom. The van der Waals surface area contributed by atoms with Gasteiger partial charge in [-0.05, 0) is 25.0 Å². The van der Waals surface area contributed by atoms with Gasteiger partial charge < -0.3 is 4.52 Å². The number of hydrogen-bond donors (Lipinski definition) is 0. The summed E-state index contributed by atoms with van der Waals surface area (Å²) in [6, 6.07) is 10.2. The summed E-state index contributed by atoms with van der Waals surface area (Å²) in [6.45, 7) is 0.603. The van der Waals surface area contributed by atoms with Gasteiger partial charge in [0.05, 0.1) is 11.6 Å². The minimum atomic E-state index is -0.443. The lowest BCUT2D eigenvalue weighted by Crippen LogP contribution is -2.42. The van der Waals surface area contributed by atoms with Crippen molar-refractivity contribution >= 4 is 11.7 Å². The van der Waals surface area contributed by atoms with Crippen molar-refractivity contribution in [3.05, 3.63) is 35.9 Å². The Kier molecular flexibility index (Phi) is 4.17. The summed E-state index contributed by atoms with van der Waals surface area (Å²) in [5.41, 5.74) is 1.23. The molecule has 7 heteroatoms. The number of anilines is 1. The molecule has 2 heterocycles. The van der Waals surface area contributed by atoms with Crippen molar-refractivity contribution in [2.24, 2.45) is 0 Å². The van der Waals surface area contributed by atoms with Gasteiger partial charge in [0, 0.05) is 25.2 Å². The molecule has 0 saturated carbocycles. The molecular formula is C17H15N5O2. The number of rotatable bonds is 3. The van der Waals surface area contributed by atoms with Gasteiger partial charge in [0.15, 0.2) is 17.8 Å². The molecule has 120 valence electrons. The third kappa shape index (κ3) is 2.80. The third-order valence-electron chi connectivity index (χ3n) is 4.11. The molecule has 0 bridgehead atoms. The number of carbonyl (C=O) groups excluding carboxylic acids is 1. The highest BCUT2D eigenvalue weighted by Gasteiger charge is 2.33. The van der Waals surface area contributed by atoms with Gasteiger partial charge in [0.25, 0.3) is 5.91 Å². The van der Waals surface area contributed by atoms with E-state index in [1.807, 2.05) is 0 Å². The van der Waals surface area contributed by atoms with Crippen LogP contribution in [0.15, 0.2) is 34.9 Å². The summed E-state index contributed by atoms with van der Waals surface area (Å²) in [6.07, 6.45) is 3.54. The Labute approximate surface area is 139 Å². The summed E-state index contributed by atoms with van der Waals surface area (Å²) >= 11 is 0. The maximum Gasteiger partial charge on any atom is 0.251 e. The number of hydrogen-bond acceptors (Lipinski definition) is 6. The maximum atomic E-state index is 12.6. The Bertz CT molecular complexity index is 845. The first-order valence-corrected chi connectivity index (χ1v) is 7.55. The second kappa shape index (κ2) is 6.43. The van der Waals surface area contributed by atoms with Crippen molar-refractivity contribution in [2.45, 2.75) is 18.9 Å². The van der Waals surface area contributed by atoms with Gasteiger partial charge in [-0.3, -0.25) is 14.6 Å². The van der Waals surface area contributed by atoms with Crippen molar-refractivity contribution in [3.63, 3.8) is 0 Å². The predicted molar refractivity (Wildman–Crippen MR) is 85.4 cm³/mol. The van der Waals surface area contributed by atoms with Crippen LogP contribution >= 0.6 is 0 Å². The molecule has 1 amide bonds. The molecule has 0 aliphatic carbocycles. The van der Waals surface area contributed by atoms with E-state index >= 15 is 0 Å². The fraction of sp³-hybridized carbons (Fsp3) is 0.294. The first kappa shape index (κ1) is 15.6. The molecule has 1 aromatic carbocycles. The minimum Gasteiger partial charge on any atom is -0.354 e. The monoisotopic (exact) mass is 321 g/mol. The van der Waals surface area contributed by atoms with Crippen molar-refractivity contribution < 1.29 is 9.32 Å². The van der Waals surface area contributed by atoms with Crippen LogP contribution in [0, 0.1) is 22.8 Å².